The van der Waals surface area contributed by atoms with Gasteiger partial charge < -0.3 is 0 Å². The van der Waals surface area contributed by atoms with E-state index in [-0.39, 0.29) is 5.69 Å². The number of halogens is 3. The molecule has 3 rings (SSSR count). The first-order valence-electron chi connectivity index (χ1n) is 7.23. The maximum atomic E-state index is 13.8. The highest BCUT2D eigenvalue weighted by molar-refractivity contribution is 7.92. The van der Waals surface area contributed by atoms with Gasteiger partial charge in [-0.25, -0.2) is 21.6 Å². The van der Waals surface area contributed by atoms with E-state index in [2.05, 4.69) is 20.2 Å². The van der Waals surface area contributed by atoms with Gasteiger partial charge in [0.2, 0.25) is 0 Å². The molecule has 1 heterocycles. The summed E-state index contributed by atoms with van der Waals surface area (Å²) in [6, 6.07) is 5.67. The molecule has 0 fully saturated rings. The van der Waals surface area contributed by atoms with Crippen molar-refractivity contribution in [1.29, 1.82) is 0 Å². The molecule has 0 saturated carbocycles. The molecule has 26 heavy (non-hydrogen) atoms. The molecule has 0 bridgehead atoms. The number of nitrogens with one attached hydrogen (secondary N) is 1. The van der Waals surface area contributed by atoms with E-state index in [1.807, 2.05) is 0 Å². The predicted octanol–water partition coefficient (Wildman–Crippen LogP) is 2.50. The smallest absolute Gasteiger partial charge is 0.264 e. The molecule has 3 aromatic rings. The highest BCUT2D eigenvalue weighted by atomic mass is 32.2. The zero-order valence-corrected chi connectivity index (χ0v) is 14.4. The average molecular weight is 383 g/mol. The average Bonchev–Trinajstić information content (AvgIpc) is 3.00. The van der Waals surface area contributed by atoms with Crippen LogP contribution >= 0.6 is 0 Å². The number of rotatable bonds is 4. The predicted molar refractivity (Wildman–Crippen MR) is 85.8 cm³/mol. The van der Waals surface area contributed by atoms with Crippen molar-refractivity contribution in [3.63, 3.8) is 0 Å². The molecule has 0 saturated heterocycles. The summed E-state index contributed by atoms with van der Waals surface area (Å²) in [5.74, 6) is -4.66. The summed E-state index contributed by atoms with van der Waals surface area (Å²) in [7, 11) is -4.48. The lowest BCUT2D eigenvalue weighted by molar-refractivity contribution is 0.432. The summed E-state index contributed by atoms with van der Waals surface area (Å²) in [6.45, 7) is 3.43. The minimum atomic E-state index is -4.48. The van der Waals surface area contributed by atoms with Crippen molar-refractivity contribution in [3.8, 4) is 5.69 Å². The first-order chi connectivity index (χ1) is 12.2. The zero-order valence-electron chi connectivity index (χ0n) is 13.5. The number of aromatic nitrogens is 4. The molecule has 0 aliphatic rings. The Morgan fingerprint density at radius 3 is 2.42 bits per heavy atom. The number of tetrazole rings is 1. The second kappa shape index (κ2) is 6.41. The molecule has 136 valence electrons. The molecule has 0 spiro atoms. The van der Waals surface area contributed by atoms with Gasteiger partial charge >= 0.3 is 0 Å². The second-order valence-electron chi connectivity index (χ2n) is 5.42. The van der Waals surface area contributed by atoms with Gasteiger partial charge in [0, 0.05) is 0 Å². The van der Waals surface area contributed by atoms with Gasteiger partial charge in [-0.05, 0) is 54.1 Å². The zero-order chi connectivity index (χ0) is 19.1. The van der Waals surface area contributed by atoms with E-state index in [1.165, 1.54) is 16.8 Å². The van der Waals surface area contributed by atoms with Crippen molar-refractivity contribution >= 4 is 15.7 Å². The Labute approximate surface area is 146 Å². The van der Waals surface area contributed by atoms with Crippen LogP contribution < -0.4 is 4.72 Å². The molecule has 7 nitrogen and oxygen atoms in total. The number of aryl methyl sites for hydroxylation is 2. The Bertz CT molecular complexity index is 1100. The molecule has 0 atom stereocenters. The third-order valence-corrected chi connectivity index (χ3v) is 5.00. The van der Waals surface area contributed by atoms with E-state index in [1.54, 1.807) is 19.9 Å². The lowest BCUT2D eigenvalue weighted by Gasteiger charge is -2.12. The molecule has 0 unspecified atom stereocenters. The minimum Gasteiger partial charge on any atom is -0.279 e. The Morgan fingerprint density at radius 1 is 1.04 bits per heavy atom. The first kappa shape index (κ1) is 17.9. The monoisotopic (exact) mass is 383 g/mol. The van der Waals surface area contributed by atoms with Crippen LogP contribution in [-0.2, 0) is 10.0 Å². The molecule has 0 amide bonds. The van der Waals surface area contributed by atoms with E-state index in [9.17, 15) is 21.6 Å². The normalized spacial score (nSPS) is 11.6. The molecule has 2 aromatic carbocycles. The third kappa shape index (κ3) is 3.12. The van der Waals surface area contributed by atoms with Crippen molar-refractivity contribution in [2.75, 3.05) is 4.72 Å². The molecular formula is C15H12F3N5O2S. The van der Waals surface area contributed by atoms with Crippen LogP contribution in [0.2, 0.25) is 0 Å². The molecule has 1 aromatic heterocycles. The van der Waals surface area contributed by atoms with Crippen LogP contribution in [0.25, 0.3) is 5.69 Å². The fraction of sp³-hybridized carbons (Fsp3) is 0.133. The topological polar surface area (TPSA) is 89.8 Å². The number of nitrogens with zero attached hydrogens (tertiary/aromatic N) is 4. The largest absolute Gasteiger partial charge is 0.279 e. The van der Waals surface area contributed by atoms with E-state index in [4.69, 9.17) is 0 Å². The Balaban J connectivity index is 2.02. The summed E-state index contributed by atoms with van der Waals surface area (Å²) in [5.41, 5.74) is 1.32. The SMILES string of the molecule is Cc1ccc(NS(=O)(=O)c2ccc(F)c(F)c2F)cc1-n1nnnc1C. The molecule has 0 radical (unpaired) electrons. The minimum absolute atomic E-state index is 0.0737. The molecule has 11 heteroatoms. The lowest BCUT2D eigenvalue weighted by atomic mass is 10.2. The third-order valence-electron chi connectivity index (χ3n) is 3.60. The van der Waals surface area contributed by atoms with Crippen LogP contribution in [0.4, 0.5) is 18.9 Å². The van der Waals surface area contributed by atoms with Gasteiger partial charge in [-0.1, -0.05) is 6.07 Å². The Kier molecular flexibility index (Phi) is 4.40. The summed E-state index contributed by atoms with van der Waals surface area (Å²) >= 11 is 0. The number of hydrogen-bond acceptors (Lipinski definition) is 5. The van der Waals surface area contributed by atoms with Crippen molar-refractivity contribution in [1.82, 2.24) is 20.2 Å². The van der Waals surface area contributed by atoms with E-state index >= 15 is 0 Å². The maximum absolute atomic E-state index is 13.8. The standard InChI is InChI=1S/C15H12F3N5O2S/c1-8-3-4-10(7-12(8)23-9(2)19-21-22-23)20-26(24,25)13-6-5-11(16)14(17)15(13)18/h3-7,20H,1-2H3. The highest BCUT2D eigenvalue weighted by Crippen LogP contribution is 2.25. The quantitative estimate of drug-likeness (QED) is 0.699. The molecule has 0 aliphatic carbocycles. The first-order valence-corrected chi connectivity index (χ1v) is 8.71. The lowest BCUT2D eigenvalue weighted by Crippen LogP contribution is -2.16. The molecule has 1 N–H and O–H groups in total. The molecular weight excluding hydrogens is 371 g/mol. The number of benzene rings is 2. The Hall–Kier alpha value is -2.95. The maximum Gasteiger partial charge on any atom is 0.264 e. The summed E-state index contributed by atoms with van der Waals surface area (Å²) in [4.78, 5) is -1.00. The number of sulfonamides is 1. The van der Waals surface area contributed by atoms with Crippen LogP contribution in [0.15, 0.2) is 35.2 Å². The fourth-order valence-corrected chi connectivity index (χ4v) is 3.40. The summed E-state index contributed by atoms with van der Waals surface area (Å²) < 4.78 is 68.4. The van der Waals surface area contributed by atoms with Crippen LogP contribution in [0, 0.1) is 31.3 Å². The van der Waals surface area contributed by atoms with E-state index < -0.39 is 32.4 Å². The van der Waals surface area contributed by atoms with Gasteiger partial charge in [0.1, 0.15) is 4.90 Å². The number of hydrogen-bond donors (Lipinski definition) is 1. The summed E-state index contributed by atoms with van der Waals surface area (Å²) in [5, 5.41) is 11.1. The van der Waals surface area contributed by atoms with Gasteiger partial charge in [0.25, 0.3) is 10.0 Å². The van der Waals surface area contributed by atoms with E-state index in [0.717, 1.165) is 5.56 Å². The van der Waals surface area contributed by atoms with Gasteiger partial charge in [0.05, 0.1) is 11.4 Å². The van der Waals surface area contributed by atoms with Gasteiger partial charge in [0.15, 0.2) is 23.3 Å². The fourth-order valence-electron chi connectivity index (χ4n) is 2.28. The van der Waals surface area contributed by atoms with Crippen molar-refractivity contribution < 1.29 is 21.6 Å². The van der Waals surface area contributed by atoms with Gasteiger partial charge in [-0.3, -0.25) is 4.72 Å². The van der Waals surface area contributed by atoms with Gasteiger partial charge in [-0.15, -0.1) is 5.10 Å². The summed E-state index contributed by atoms with van der Waals surface area (Å²) in [6.07, 6.45) is 0. The Morgan fingerprint density at radius 2 is 1.77 bits per heavy atom. The van der Waals surface area contributed by atoms with Crippen LogP contribution in [0.5, 0.6) is 0 Å². The number of anilines is 1. The van der Waals surface area contributed by atoms with Crippen molar-refractivity contribution in [2.24, 2.45) is 0 Å². The highest BCUT2D eigenvalue weighted by Gasteiger charge is 2.24. The molecule has 0 aliphatic heterocycles. The van der Waals surface area contributed by atoms with Crippen molar-refractivity contribution in [2.45, 2.75) is 18.7 Å². The van der Waals surface area contributed by atoms with Crippen molar-refractivity contribution in [3.05, 3.63) is 59.2 Å². The second-order valence-corrected chi connectivity index (χ2v) is 7.07. The van der Waals surface area contributed by atoms with Crippen LogP contribution in [-0.4, -0.2) is 28.6 Å². The van der Waals surface area contributed by atoms with Crippen LogP contribution in [0.1, 0.15) is 11.4 Å². The van der Waals surface area contributed by atoms with Crippen LogP contribution in [0.3, 0.4) is 0 Å². The van der Waals surface area contributed by atoms with E-state index in [0.29, 0.717) is 23.6 Å². The van der Waals surface area contributed by atoms with Gasteiger partial charge in [-0.2, -0.15) is 4.68 Å².